The van der Waals surface area contributed by atoms with Crippen LogP contribution >= 0.6 is 0 Å². The van der Waals surface area contributed by atoms with Crippen molar-refractivity contribution in [2.24, 2.45) is 0 Å². The van der Waals surface area contributed by atoms with Crippen molar-refractivity contribution in [3.63, 3.8) is 0 Å². The van der Waals surface area contributed by atoms with Gasteiger partial charge in [-0.25, -0.2) is 4.39 Å². The molecule has 172 valence electrons. The summed E-state index contributed by atoms with van der Waals surface area (Å²) >= 11 is 0. The number of benzene rings is 1. The van der Waals surface area contributed by atoms with Crippen molar-refractivity contribution in [3.05, 3.63) is 64.6 Å². The third kappa shape index (κ3) is 4.49. The summed E-state index contributed by atoms with van der Waals surface area (Å²) in [4.78, 5) is 6.14. The second-order valence-electron chi connectivity index (χ2n) is 10.1. The number of hydrogen-bond acceptors (Lipinski definition) is 2. The quantitative estimate of drug-likeness (QED) is 0.490. The molecule has 0 amide bonds. The molecule has 0 spiro atoms. The lowest BCUT2D eigenvalue weighted by Gasteiger charge is -2.41. The lowest BCUT2D eigenvalue weighted by molar-refractivity contribution is -0.0712. The Bertz CT molecular complexity index is 1060. The summed E-state index contributed by atoms with van der Waals surface area (Å²) in [5, 5.41) is 1.22. The number of hydrogen-bond donors (Lipinski definition) is 1. The van der Waals surface area contributed by atoms with Crippen molar-refractivity contribution >= 4 is 16.5 Å². The second kappa shape index (κ2) is 9.36. The number of aromatic amines is 1. The number of likely N-dealkylation sites (tertiary alicyclic amines) is 1. The molecule has 3 heterocycles. The van der Waals surface area contributed by atoms with Crippen LogP contribution in [0.25, 0.3) is 16.5 Å². The minimum atomic E-state index is -0.172. The van der Waals surface area contributed by atoms with Crippen LogP contribution in [0.5, 0.6) is 0 Å². The van der Waals surface area contributed by atoms with E-state index in [1.807, 2.05) is 26.8 Å². The molecule has 2 saturated heterocycles. The molecule has 2 aromatic rings. The summed E-state index contributed by atoms with van der Waals surface area (Å²) in [6.07, 6.45) is 4.23. The SMILES string of the molecule is C=C(C)/C=C(\C(F)=C(C)C)c1[nH]c2ccc(C3CCN(C4COC4)CC3)cc2c1C(C)C. The second-order valence-corrected chi connectivity index (χ2v) is 10.1. The maximum Gasteiger partial charge on any atom is 0.131 e. The number of fused-ring (bicyclic) bond motifs is 1. The number of piperidine rings is 1. The van der Waals surface area contributed by atoms with E-state index in [1.165, 1.54) is 29.4 Å². The van der Waals surface area contributed by atoms with Gasteiger partial charge in [0.15, 0.2) is 0 Å². The molecule has 2 aliphatic rings. The number of rotatable bonds is 6. The number of H-pyrrole nitrogens is 1. The van der Waals surface area contributed by atoms with Crippen molar-refractivity contribution in [1.29, 1.82) is 0 Å². The minimum absolute atomic E-state index is 0.172. The largest absolute Gasteiger partial charge is 0.378 e. The zero-order valence-electron chi connectivity index (χ0n) is 20.2. The molecule has 4 heteroatoms. The lowest BCUT2D eigenvalue weighted by Crippen LogP contribution is -2.51. The highest BCUT2D eigenvalue weighted by atomic mass is 19.1. The average Bonchev–Trinajstić information content (AvgIpc) is 3.09. The maximum atomic E-state index is 15.3. The number of aromatic nitrogens is 1. The van der Waals surface area contributed by atoms with E-state index in [2.05, 4.69) is 48.5 Å². The molecular formula is C28H37FN2O. The van der Waals surface area contributed by atoms with Gasteiger partial charge >= 0.3 is 0 Å². The van der Waals surface area contributed by atoms with Gasteiger partial charge in [-0.1, -0.05) is 32.1 Å². The molecule has 0 unspecified atom stereocenters. The van der Waals surface area contributed by atoms with Gasteiger partial charge in [0.1, 0.15) is 5.83 Å². The molecule has 1 aromatic heterocycles. The first-order chi connectivity index (χ1) is 15.3. The summed E-state index contributed by atoms with van der Waals surface area (Å²) < 4.78 is 20.6. The highest BCUT2D eigenvalue weighted by molar-refractivity contribution is 5.93. The molecule has 0 radical (unpaired) electrons. The summed E-state index contributed by atoms with van der Waals surface area (Å²) in [5.41, 5.74) is 6.68. The zero-order chi connectivity index (χ0) is 23.0. The van der Waals surface area contributed by atoms with Crippen molar-refractivity contribution in [1.82, 2.24) is 9.88 Å². The fourth-order valence-corrected chi connectivity index (χ4v) is 5.09. The highest BCUT2D eigenvalue weighted by Gasteiger charge is 2.30. The molecular weight excluding hydrogens is 399 g/mol. The Labute approximate surface area is 192 Å². The molecule has 0 aliphatic carbocycles. The Hall–Kier alpha value is -2.17. The number of ether oxygens (including phenoxy) is 1. The van der Waals surface area contributed by atoms with Gasteiger partial charge in [0, 0.05) is 16.5 Å². The Morgan fingerprint density at radius 2 is 1.88 bits per heavy atom. The summed E-state index contributed by atoms with van der Waals surface area (Å²) in [6.45, 7) is 18.0. The molecule has 2 fully saturated rings. The predicted molar refractivity (Wildman–Crippen MR) is 133 cm³/mol. The molecule has 1 aromatic carbocycles. The van der Waals surface area contributed by atoms with Gasteiger partial charge in [-0.15, -0.1) is 0 Å². The van der Waals surface area contributed by atoms with Crippen LogP contribution in [-0.4, -0.2) is 42.2 Å². The van der Waals surface area contributed by atoms with Crippen LogP contribution in [0.3, 0.4) is 0 Å². The fourth-order valence-electron chi connectivity index (χ4n) is 5.09. The molecule has 32 heavy (non-hydrogen) atoms. The molecule has 0 atom stereocenters. The van der Waals surface area contributed by atoms with Crippen molar-refractivity contribution in [3.8, 4) is 0 Å². The van der Waals surface area contributed by atoms with E-state index in [1.54, 1.807) is 0 Å². The third-order valence-corrected chi connectivity index (χ3v) is 6.91. The summed E-state index contributed by atoms with van der Waals surface area (Å²) in [7, 11) is 0. The number of halogens is 1. The predicted octanol–water partition coefficient (Wildman–Crippen LogP) is 7.09. The van der Waals surface area contributed by atoms with E-state index in [0.717, 1.165) is 43.1 Å². The average molecular weight is 437 g/mol. The topological polar surface area (TPSA) is 28.3 Å². The summed E-state index contributed by atoms with van der Waals surface area (Å²) in [6, 6.07) is 7.43. The molecule has 0 bridgehead atoms. The molecule has 2 aliphatic heterocycles. The zero-order valence-corrected chi connectivity index (χ0v) is 20.2. The van der Waals surface area contributed by atoms with E-state index < -0.39 is 0 Å². The van der Waals surface area contributed by atoms with Gasteiger partial charge in [-0.2, -0.15) is 0 Å². The first kappa shape index (κ1) is 23.0. The monoisotopic (exact) mass is 436 g/mol. The Morgan fingerprint density at radius 3 is 2.41 bits per heavy atom. The molecule has 4 rings (SSSR count). The van der Waals surface area contributed by atoms with Gasteiger partial charge in [0.25, 0.3) is 0 Å². The Balaban J connectivity index is 1.71. The van der Waals surface area contributed by atoms with E-state index in [9.17, 15) is 0 Å². The van der Waals surface area contributed by atoms with Gasteiger partial charge in [0.05, 0.1) is 24.9 Å². The van der Waals surface area contributed by atoms with Crippen molar-refractivity contribution < 1.29 is 9.13 Å². The number of allylic oxidation sites excluding steroid dienone is 5. The van der Waals surface area contributed by atoms with Gasteiger partial charge < -0.3 is 9.72 Å². The van der Waals surface area contributed by atoms with E-state index in [0.29, 0.717) is 23.1 Å². The van der Waals surface area contributed by atoms with Gasteiger partial charge in [-0.05, 0) is 93.4 Å². The number of nitrogens with one attached hydrogen (secondary N) is 1. The van der Waals surface area contributed by atoms with Crippen LogP contribution in [-0.2, 0) is 4.74 Å². The highest BCUT2D eigenvalue weighted by Crippen LogP contribution is 2.39. The van der Waals surface area contributed by atoms with Crippen molar-refractivity contribution in [2.45, 2.75) is 65.3 Å². The Morgan fingerprint density at radius 1 is 1.19 bits per heavy atom. The first-order valence-electron chi connectivity index (χ1n) is 11.9. The number of nitrogens with zero attached hydrogens (tertiary/aromatic N) is 1. The molecule has 0 saturated carbocycles. The van der Waals surface area contributed by atoms with Crippen LogP contribution in [0.4, 0.5) is 4.39 Å². The van der Waals surface area contributed by atoms with E-state index in [-0.39, 0.29) is 11.7 Å². The molecule has 3 nitrogen and oxygen atoms in total. The standard InChI is InChI=1S/C28H37FN2O/c1-17(2)13-24(27(29)19(5)6)28-26(18(3)4)23-14-21(7-8-25(23)30-28)20-9-11-31(12-10-20)22-15-32-16-22/h7-8,13-14,18,20,22,30H,1,9-12,15-16H2,2-6H3/b24-13+. The molecule has 1 N–H and O–H groups in total. The van der Waals surface area contributed by atoms with E-state index >= 15 is 4.39 Å². The fraction of sp³-hybridized carbons (Fsp3) is 0.500. The first-order valence-corrected chi connectivity index (χ1v) is 11.9. The van der Waals surface area contributed by atoms with Crippen LogP contribution in [0, 0.1) is 0 Å². The van der Waals surface area contributed by atoms with Gasteiger partial charge in [-0.3, -0.25) is 4.90 Å². The third-order valence-electron chi connectivity index (χ3n) is 6.91. The van der Waals surface area contributed by atoms with Crippen molar-refractivity contribution in [2.75, 3.05) is 26.3 Å². The van der Waals surface area contributed by atoms with Crippen LogP contribution < -0.4 is 0 Å². The smallest absolute Gasteiger partial charge is 0.131 e. The van der Waals surface area contributed by atoms with Gasteiger partial charge in [0.2, 0.25) is 0 Å². The van der Waals surface area contributed by atoms with Crippen LogP contribution in [0.1, 0.15) is 76.1 Å². The van der Waals surface area contributed by atoms with E-state index in [4.69, 9.17) is 4.74 Å². The maximum absolute atomic E-state index is 15.3. The van der Waals surface area contributed by atoms with Crippen LogP contribution in [0.2, 0.25) is 0 Å². The normalized spacial score (nSPS) is 18.9. The van der Waals surface area contributed by atoms with Crippen LogP contribution in [0.15, 0.2) is 47.8 Å². The minimum Gasteiger partial charge on any atom is -0.378 e. The lowest BCUT2D eigenvalue weighted by atomic mass is 9.87. The Kier molecular flexibility index (Phi) is 6.73. The summed E-state index contributed by atoms with van der Waals surface area (Å²) in [5.74, 6) is 0.678.